The quantitative estimate of drug-likeness (QED) is 0.825. The molecule has 0 bridgehead atoms. The van der Waals surface area contributed by atoms with Gasteiger partial charge in [-0.05, 0) is 31.2 Å². The fraction of sp³-hybridized carbons (Fsp3) is 0.167. The number of amides is 3. The van der Waals surface area contributed by atoms with Gasteiger partial charge in [-0.25, -0.2) is 4.79 Å². The lowest BCUT2D eigenvalue weighted by atomic mass is 10.0. The lowest BCUT2D eigenvalue weighted by Gasteiger charge is -2.14. The van der Waals surface area contributed by atoms with Gasteiger partial charge in [0.05, 0.1) is 0 Å². The van der Waals surface area contributed by atoms with Crippen molar-refractivity contribution in [2.75, 3.05) is 7.05 Å². The van der Waals surface area contributed by atoms with Crippen molar-refractivity contribution < 1.29 is 19.1 Å². The second-order valence-electron chi connectivity index (χ2n) is 5.05. The summed E-state index contributed by atoms with van der Waals surface area (Å²) in [6, 6.07) is 14.8. The van der Waals surface area contributed by atoms with Crippen LogP contribution in [-0.4, -0.2) is 30.9 Å². The van der Waals surface area contributed by atoms with Crippen LogP contribution in [0.5, 0.6) is 5.75 Å². The van der Waals surface area contributed by atoms with Crippen LogP contribution in [0.25, 0.3) is 0 Å². The third-order valence-electron chi connectivity index (χ3n) is 3.30. The Kier molecular flexibility index (Phi) is 5.68. The van der Waals surface area contributed by atoms with E-state index in [1.54, 1.807) is 48.5 Å². The molecular weight excluding hydrogens is 308 g/mol. The number of urea groups is 1. The van der Waals surface area contributed by atoms with E-state index in [4.69, 9.17) is 4.74 Å². The number of ketones is 1. The summed E-state index contributed by atoms with van der Waals surface area (Å²) < 4.78 is 5.46. The molecule has 0 aliphatic rings. The van der Waals surface area contributed by atoms with Crippen molar-refractivity contribution in [3.05, 3.63) is 65.7 Å². The zero-order valence-corrected chi connectivity index (χ0v) is 13.4. The molecular formula is C18H18N2O4. The predicted octanol–water partition coefficient (Wildman–Crippen LogP) is 2.14. The number of rotatable bonds is 5. The number of ether oxygens (including phenoxy) is 1. The second-order valence-corrected chi connectivity index (χ2v) is 5.05. The number of carbonyl (C=O) groups is 3. The van der Waals surface area contributed by atoms with Gasteiger partial charge in [-0.2, -0.15) is 0 Å². The molecule has 1 unspecified atom stereocenters. The fourth-order valence-corrected chi connectivity index (χ4v) is 1.97. The predicted molar refractivity (Wildman–Crippen MR) is 89.0 cm³/mol. The van der Waals surface area contributed by atoms with Crippen molar-refractivity contribution in [1.82, 2.24) is 10.6 Å². The minimum atomic E-state index is -0.849. The molecule has 2 aromatic rings. The molecule has 0 spiro atoms. The first-order valence-corrected chi connectivity index (χ1v) is 7.40. The minimum Gasteiger partial charge on any atom is -0.481 e. The lowest BCUT2D eigenvalue weighted by molar-refractivity contribution is -0.126. The van der Waals surface area contributed by atoms with Crippen LogP contribution in [0.1, 0.15) is 22.8 Å². The number of benzene rings is 2. The molecule has 0 aliphatic carbocycles. The maximum absolute atomic E-state index is 12.3. The fourth-order valence-electron chi connectivity index (χ4n) is 1.97. The van der Waals surface area contributed by atoms with Gasteiger partial charge in [-0.1, -0.05) is 30.3 Å². The van der Waals surface area contributed by atoms with Gasteiger partial charge in [-0.15, -0.1) is 0 Å². The monoisotopic (exact) mass is 326 g/mol. The summed E-state index contributed by atoms with van der Waals surface area (Å²) in [7, 11) is 1.41. The van der Waals surface area contributed by atoms with E-state index in [-0.39, 0.29) is 5.78 Å². The van der Waals surface area contributed by atoms with Crippen molar-refractivity contribution in [1.29, 1.82) is 0 Å². The maximum Gasteiger partial charge on any atom is 0.321 e. The van der Waals surface area contributed by atoms with Crippen molar-refractivity contribution in [3.63, 3.8) is 0 Å². The Morgan fingerprint density at radius 1 is 0.917 bits per heavy atom. The summed E-state index contributed by atoms with van der Waals surface area (Å²) in [5, 5.41) is 4.42. The van der Waals surface area contributed by atoms with Crippen LogP contribution in [0.2, 0.25) is 0 Å². The molecule has 3 amide bonds. The topological polar surface area (TPSA) is 84.5 Å². The second kappa shape index (κ2) is 7.92. The number of hydrogen-bond donors (Lipinski definition) is 2. The molecule has 0 aromatic heterocycles. The Morgan fingerprint density at radius 2 is 1.50 bits per heavy atom. The molecule has 0 aliphatic heterocycles. The van der Waals surface area contributed by atoms with Gasteiger partial charge in [0, 0.05) is 18.2 Å². The first-order valence-electron chi connectivity index (χ1n) is 7.40. The van der Waals surface area contributed by atoms with Crippen LogP contribution in [0.15, 0.2) is 54.6 Å². The largest absolute Gasteiger partial charge is 0.481 e. The first-order chi connectivity index (χ1) is 11.5. The van der Waals surface area contributed by atoms with Crippen LogP contribution in [0, 0.1) is 0 Å². The maximum atomic E-state index is 12.3. The molecule has 0 radical (unpaired) electrons. The van der Waals surface area contributed by atoms with Crippen LogP contribution >= 0.6 is 0 Å². The molecule has 0 fully saturated rings. The van der Waals surface area contributed by atoms with E-state index in [0.717, 1.165) is 0 Å². The van der Waals surface area contributed by atoms with Gasteiger partial charge in [0.1, 0.15) is 5.75 Å². The summed E-state index contributed by atoms with van der Waals surface area (Å²) in [6.45, 7) is 1.53. The molecule has 2 aromatic carbocycles. The van der Waals surface area contributed by atoms with Gasteiger partial charge in [0.15, 0.2) is 11.9 Å². The summed E-state index contributed by atoms with van der Waals surface area (Å²) in [4.78, 5) is 35.1. The van der Waals surface area contributed by atoms with Gasteiger partial charge in [-0.3, -0.25) is 14.9 Å². The van der Waals surface area contributed by atoms with Gasteiger partial charge < -0.3 is 10.1 Å². The van der Waals surface area contributed by atoms with E-state index in [1.165, 1.54) is 14.0 Å². The third kappa shape index (κ3) is 4.42. The Hall–Kier alpha value is -3.15. The highest BCUT2D eigenvalue weighted by Crippen LogP contribution is 2.16. The van der Waals surface area contributed by atoms with Crippen LogP contribution < -0.4 is 15.4 Å². The molecule has 0 saturated heterocycles. The zero-order chi connectivity index (χ0) is 17.5. The normalized spacial score (nSPS) is 11.2. The number of imide groups is 1. The highest BCUT2D eigenvalue weighted by Gasteiger charge is 2.17. The standard InChI is InChI=1S/C18H18N2O4/c1-12(17(22)20-18(23)19-2)24-15-10-8-14(9-11-15)16(21)13-6-4-3-5-7-13/h3-12H,1-2H3,(H2,19,20,22,23). The van der Waals surface area contributed by atoms with E-state index in [9.17, 15) is 14.4 Å². The van der Waals surface area contributed by atoms with E-state index in [1.807, 2.05) is 6.07 Å². The number of carbonyl (C=O) groups excluding carboxylic acids is 3. The van der Waals surface area contributed by atoms with Crippen LogP contribution in [-0.2, 0) is 4.79 Å². The highest BCUT2D eigenvalue weighted by molar-refractivity contribution is 6.09. The Labute approximate surface area is 139 Å². The van der Waals surface area contributed by atoms with E-state index < -0.39 is 18.0 Å². The zero-order valence-electron chi connectivity index (χ0n) is 13.4. The summed E-state index contributed by atoms with van der Waals surface area (Å²) >= 11 is 0. The number of nitrogens with one attached hydrogen (secondary N) is 2. The minimum absolute atomic E-state index is 0.0902. The Bertz CT molecular complexity index is 726. The molecule has 6 nitrogen and oxygen atoms in total. The SMILES string of the molecule is CNC(=O)NC(=O)C(C)Oc1ccc(C(=O)c2ccccc2)cc1. The van der Waals surface area contributed by atoms with Gasteiger partial charge >= 0.3 is 6.03 Å². The van der Waals surface area contributed by atoms with Crippen molar-refractivity contribution in [3.8, 4) is 5.75 Å². The number of hydrogen-bond acceptors (Lipinski definition) is 4. The summed E-state index contributed by atoms with van der Waals surface area (Å²) in [6.07, 6.45) is -0.849. The molecule has 124 valence electrons. The van der Waals surface area contributed by atoms with Gasteiger partial charge in [0.2, 0.25) is 0 Å². The van der Waals surface area contributed by atoms with E-state index in [0.29, 0.717) is 16.9 Å². The Morgan fingerprint density at radius 3 is 2.08 bits per heavy atom. The Balaban J connectivity index is 2.00. The highest BCUT2D eigenvalue weighted by atomic mass is 16.5. The molecule has 2 rings (SSSR count). The molecule has 6 heteroatoms. The summed E-state index contributed by atoms with van der Waals surface area (Å²) in [5.74, 6) is -0.217. The average molecular weight is 326 g/mol. The third-order valence-corrected chi connectivity index (χ3v) is 3.30. The summed E-state index contributed by atoms with van der Waals surface area (Å²) in [5.41, 5.74) is 1.13. The lowest BCUT2D eigenvalue weighted by Crippen LogP contribution is -2.43. The molecule has 1 atom stereocenters. The van der Waals surface area contributed by atoms with Crippen molar-refractivity contribution >= 4 is 17.7 Å². The van der Waals surface area contributed by atoms with Crippen LogP contribution in [0.3, 0.4) is 0 Å². The molecule has 2 N–H and O–H groups in total. The van der Waals surface area contributed by atoms with Crippen molar-refractivity contribution in [2.24, 2.45) is 0 Å². The van der Waals surface area contributed by atoms with E-state index >= 15 is 0 Å². The average Bonchev–Trinajstić information content (AvgIpc) is 2.62. The molecule has 0 heterocycles. The molecule has 24 heavy (non-hydrogen) atoms. The van der Waals surface area contributed by atoms with Crippen LogP contribution in [0.4, 0.5) is 4.79 Å². The first kappa shape index (κ1) is 17.2. The van der Waals surface area contributed by atoms with Crippen molar-refractivity contribution in [2.45, 2.75) is 13.0 Å². The van der Waals surface area contributed by atoms with Gasteiger partial charge in [0.25, 0.3) is 5.91 Å². The van der Waals surface area contributed by atoms with E-state index in [2.05, 4.69) is 10.6 Å². The molecule has 0 saturated carbocycles. The smallest absolute Gasteiger partial charge is 0.321 e.